The Kier molecular flexibility index (Phi) is 2.47. The van der Waals surface area contributed by atoms with Crippen LogP contribution in [0, 0.1) is 17.3 Å². The molecule has 2 unspecified atom stereocenters. The number of ketones is 1. The molecule has 1 saturated carbocycles. The minimum Gasteiger partial charge on any atom is -0.319 e. The van der Waals surface area contributed by atoms with E-state index < -0.39 is 30.4 Å². The lowest BCUT2D eigenvalue weighted by Gasteiger charge is -2.02. The van der Waals surface area contributed by atoms with Gasteiger partial charge in [-0.1, -0.05) is 13.8 Å². The van der Waals surface area contributed by atoms with Crippen LogP contribution in [-0.2, 0) is 14.2 Å². The zero-order chi connectivity index (χ0) is 11.3. The summed E-state index contributed by atoms with van der Waals surface area (Å²) in [6, 6.07) is 0. The molecule has 1 aliphatic rings. The smallest absolute Gasteiger partial charge is 0.319 e. The molecular weight excluding hydrogens is 207 g/mol. The molecule has 0 aromatic carbocycles. The summed E-state index contributed by atoms with van der Waals surface area (Å²) in [7, 11) is -4.70. The highest BCUT2D eigenvalue weighted by Gasteiger charge is 2.66. The van der Waals surface area contributed by atoms with Crippen molar-refractivity contribution in [3.63, 3.8) is 0 Å². The molecule has 0 aromatic heterocycles. The van der Waals surface area contributed by atoms with E-state index in [1.165, 1.54) is 6.92 Å². The average molecular weight is 220 g/mol. The fourth-order valence-electron chi connectivity index (χ4n) is 2.04. The van der Waals surface area contributed by atoms with Crippen LogP contribution < -0.4 is 0 Å². The predicted octanol–water partition coefficient (Wildman–Crippen LogP) is 0.552. The Morgan fingerprint density at radius 2 is 1.64 bits per heavy atom. The fraction of sp³-hybridized carbons (Fsp3) is 0.750. The Labute approximate surface area is 81.7 Å². The summed E-state index contributed by atoms with van der Waals surface area (Å²) in [4.78, 5) is 39.7. The van der Waals surface area contributed by atoms with Gasteiger partial charge in [0.25, 0.3) is 0 Å². The van der Waals surface area contributed by atoms with Gasteiger partial charge >= 0.3 is 7.60 Å². The molecule has 1 rings (SSSR count). The summed E-state index contributed by atoms with van der Waals surface area (Å²) in [5.74, 6) is -1.55. The first-order valence-electron chi connectivity index (χ1n) is 4.20. The van der Waals surface area contributed by atoms with Gasteiger partial charge in [-0.15, -0.1) is 0 Å². The first-order valence-corrected chi connectivity index (χ1v) is 5.81. The van der Waals surface area contributed by atoms with Gasteiger partial charge in [-0.05, 0) is 12.3 Å². The summed E-state index contributed by atoms with van der Waals surface area (Å²) in [6.45, 7) is 4.66. The second kappa shape index (κ2) is 2.99. The van der Waals surface area contributed by atoms with Crippen molar-refractivity contribution < 1.29 is 23.9 Å². The molecule has 0 spiro atoms. The Morgan fingerprint density at radius 3 is 1.86 bits per heavy atom. The highest BCUT2D eigenvalue weighted by atomic mass is 31.2. The maximum Gasteiger partial charge on any atom is 0.391 e. The molecule has 0 aromatic rings. The zero-order valence-corrected chi connectivity index (χ0v) is 9.12. The van der Waals surface area contributed by atoms with Crippen LogP contribution in [-0.4, -0.2) is 21.1 Å². The molecule has 0 bridgehead atoms. The van der Waals surface area contributed by atoms with Crippen molar-refractivity contribution >= 4 is 18.9 Å². The van der Waals surface area contributed by atoms with Gasteiger partial charge in [0, 0.05) is 11.8 Å². The SMILES string of the molecule is CC(=O)C1C(C(=O)P(=O)(O)O)C1(C)C. The lowest BCUT2D eigenvalue weighted by atomic mass is 10.1. The Bertz CT molecular complexity index is 340. The van der Waals surface area contributed by atoms with E-state index >= 15 is 0 Å². The van der Waals surface area contributed by atoms with Gasteiger partial charge in [0.2, 0.25) is 5.52 Å². The average Bonchev–Trinajstić information content (AvgIpc) is 2.49. The van der Waals surface area contributed by atoms with Crippen molar-refractivity contribution in [3.05, 3.63) is 0 Å². The Hall–Kier alpha value is -0.510. The quantitative estimate of drug-likeness (QED) is 0.677. The molecule has 0 amide bonds. The van der Waals surface area contributed by atoms with Crippen molar-refractivity contribution in [1.29, 1.82) is 0 Å². The molecule has 2 N–H and O–H groups in total. The second-order valence-electron chi connectivity index (χ2n) is 4.27. The second-order valence-corrected chi connectivity index (χ2v) is 5.80. The van der Waals surface area contributed by atoms with E-state index in [2.05, 4.69) is 0 Å². The van der Waals surface area contributed by atoms with Gasteiger partial charge < -0.3 is 9.79 Å². The van der Waals surface area contributed by atoms with Crippen molar-refractivity contribution in [2.75, 3.05) is 0 Å². The van der Waals surface area contributed by atoms with Crippen LogP contribution in [0.4, 0.5) is 0 Å². The summed E-state index contributed by atoms with van der Waals surface area (Å²) in [5.41, 5.74) is -1.72. The lowest BCUT2D eigenvalue weighted by molar-refractivity contribution is -0.121. The van der Waals surface area contributed by atoms with E-state index in [0.29, 0.717) is 0 Å². The van der Waals surface area contributed by atoms with Crippen LogP contribution in [0.1, 0.15) is 20.8 Å². The van der Waals surface area contributed by atoms with Crippen LogP contribution >= 0.6 is 7.60 Å². The van der Waals surface area contributed by atoms with Crippen LogP contribution in [0.25, 0.3) is 0 Å². The molecule has 0 radical (unpaired) electrons. The molecule has 14 heavy (non-hydrogen) atoms. The van der Waals surface area contributed by atoms with E-state index in [4.69, 9.17) is 9.79 Å². The van der Waals surface area contributed by atoms with Crippen LogP contribution in [0.5, 0.6) is 0 Å². The van der Waals surface area contributed by atoms with E-state index in [9.17, 15) is 14.2 Å². The molecule has 0 heterocycles. The highest BCUT2D eigenvalue weighted by molar-refractivity contribution is 7.70. The number of rotatable bonds is 3. The standard InChI is InChI=1S/C8H13O5P/c1-4(9)5-6(8(5,2)3)7(10)14(11,12)13/h5-6H,1-3H3,(H2,11,12,13). The van der Waals surface area contributed by atoms with Crippen molar-refractivity contribution in [2.45, 2.75) is 20.8 Å². The summed E-state index contributed by atoms with van der Waals surface area (Å²) >= 11 is 0. The zero-order valence-electron chi connectivity index (χ0n) is 8.22. The van der Waals surface area contributed by atoms with Crippen LogP contribution in [0.2, 0.25) is 0 Å². The number of Topliss-reactive ketones (excluding diaryl/α,β-unsaturated/α-hetero) is 1. The Morgan fingerprint density at radius 1 is 1.21 bits per heavy atom. The molecule has 0 saturated heterocycles. The van der Waals surface area contributed by atoms with Crippen LogP contribution in [0.15, 0.2) is 0 Å². The third-order valence-corrected chi connectivity index (χ3v) is 3.67. The Balaban J connectivity index is 2.90. The molecule has 6 heteroatoms. The minimum atomic E-state index is -4.70. The number of carbonyl (C=O) groups excluding carboxylic acids is 2. The van der Waals surface area contributed by atoms with Gasteiger partial charge in [-0.2, -0.15) is 0 Å². The van der Waals surface area contributed by atoms with Gasteiger partial charge in [-0.25, -0.2) is 0 Å². The van der Waals surface area contributed by atoms with E-state index in [0.717, 1.165) is 0 Å². The highest BCUT2D eigenvalue weighted by Crippen LogP contribution is 2.63. The molecule has 0 aliphatic heterocycles. The van der Waals surface area contributed by atoms with E-state index in [-0.39, 0.29) is 5.78 Å². The molecule has 80 valence electrons. The fourth-order valence-corrected chi connectivity index (χ4v) is 2.88. The molecular formula is C8H13O5P. The number of hydrogen-bond acceptors (Lipinski definition) is 3. The molecule has 5 nitrogen and oxygen atoms in total. The van der Waals surface area contributed by atoms with Gasteiger partial charge in [0.1, 0.15) is 5.78 Å². The summed E-state index contributed by atoms with van der Waals surface area (Å²) in [6.07, 6.45) is 0. The first kappa shape index (κ1) is 11.6. The lowest BCUT2D eigenvalue weighted by Crippen LogP contribution is -2.07. The van der Waals surface area contributed by atoms with E-state index in [1.54, 1.807) is 13.8 Å². The van der Waals surface area contributed by atoms with Gasteiger partial charge in [0.05, 0.1) is 0 Å². The third kappa shape index (κ3) is 1.67. The van der Waals surface area contributed by atoms with Crippen molar-refractivity contribution in [2.24, 2.45) is 17.3 Å². The van der Waals surface area contributed by atoms with Crippen molar-refractivity contribution in [3.8, 4) is 0 Å². The number of carbonyl (C=O) groups is 2. The molecule has 2 atom stereocenters. The van der Waals surface area contributed by atoms with E-state index in [1.807, 2.05) is 0 Å². The normalized spacial score (nSPS) is 29.8. The first-order chi connectivity index (χ1) is 6.10. The maximum absolute atomic E-state index is 11.2. The number of hydrogen-bond donors (Lipinski definition) is 2. The summed E-state index contributed by atoms with van der Waals surface area (Å²) in [5, 5.41) is 0. The maximum atomic E-state index is 11.2. The monoisotopic (exact) mass is 220 g/mol. The van der Waals surface area contributed by atoms with Crippen molar-refractivity contribution in [1.82, 2.24) is 0 Å². The van der Waals surface area contributed by atoms with Crippen LogP contribution in [0.3, 0.4) is 0 Å². The third-order valence-electron chi connectivity index (χ3n) is 2.82. The summed E-state index contributed by atoms with van der Waals surface area (Å²) < 4.78 is 10.7. The molecule has 1 aliphatic carbocycles. The topological polar surface area (TPSA) is 91.7 Å². The van der Waals surface area contributed by atoms with Gasteiger partial charge in [-0.3, -0.25) is 14.2 Å². The minimum absolute atomic E-state index is 0.193. The largest absolute Gasteiger partial charge is 0.391 e. The predicted molar refractivity (Wildman–Crippen MR) is 48.5 cm³/mol. The van der Waals surface area contributed by atoms with Gasteiger partial charge in [0.15, 0.2) is 0 Å². The molecule has 1 fully saturated rings.